The fraction of sp³-hybridized carbons (Fsp3) is 0.500. The molecule has 1 atom stereocenters. The first kappa shape index (κ1) is 12.4. The Labute approximate surface area is 107 Å². The quantitative estimate of drug-likeness (QED) is 0.502. The van der Waals surface area contributed by atoms with Gasteiger partial charge in [0.15, 0.2) is 5.13 Å². The average molecular weight is 271 g/mol. The summed E-state index contributed by atoms with van der Waals surface area (Å²) in [5, 5.41) is 16.8. The monoisotopic (exact) mass is 271 g/mol. The molecule has 0 radical (unpaired) electrons. The van der Waals surface area contributed by atoms with Gasteiger partial charge in [-0.15, -0.1) is 23.1 Å². The second-order valence-electron chi connectivity index (χ2n) is 3.71. The van der Waals surface area contributed by atoms with E-state index < -0.39 is 0 Å². The van der Waals surface area contributed by atoms with Gasteiger partial charge in [0.1, 0.15) is 11.4 Å². The predicted molar refractivity (Wildman–Crippen MR) is 70.2 cm³/mol. The van der Waals surface area contributed by atoms with Crippen LogP contribution in [0.1, 0.15) is 25.5 Å². The number of hydrogen-bond donors (Lipinski definition) is 2. The molecule has 1 saturated heterocycles. The Morgan fingerprint density at radius 3 is 3.18 bits per heavy atom. The topological polar surface area (TPSA) is 74.6 Å². The molecule has 0 spiro atoms. The molecule has 5 nitrogen and oxygen atoms in total. The maximum absolute atomic E-state index is 11.8. The number of oxime groups is 1. The van der Waals surface area contributed by atoms with E-state index in [1.54, 1.807) is 24.1 Å². The van der Waals surface area contributed by atoms with Gasteiger partial charge >= 0.3 is 0 Å². The van der Waals surface area contributed by atoms with Crippen LogP contribution in [0.3, 0.4) is 0 Å². The lowest BCUT2D eigenvalue weighted by Gasteiger charge is -2.06. The lowest BCUT2D eigenvalue weighted by molar-refractivity contribution is -0.115. The van der Waals surface area contributed by atoms with Gasteiger partial charge in [-0.05, 0) is 25.5 Å². The van der Waals surface area contributed by atoms with Crippen LogP contribution in [0.5, 0.6) is 0 Å². The van der Waals surface area contributed by atoms with Crippen molar-refractivity contribution in [1.82, 2.24) is 4.98 Å². The van der Waals surface area contributed by atoms with Crippen LogP contribution in [-0.4, -0.2) is 32.8 Å². The molecule has 0 bridgehead atoms. The van der Waals surface area contributed by atoms with E-state index in [9.17, 15) is 4.79 Å². The Morgan fingerprint density at radius 2 is 2.53 bits per heavy atom. The van der Waals surface area contributed by atoms with E-state index in [-0.39, 0.29) is 11.2 Å². The van der Waals surface area contributed by atoms with E-state index >= 15 is 0 Å². The van der Waals surface area contributed by atoms with Crippen molar-refractivity contribution in [3.63, 3.8) is 0 Å². The average Bonchev–Trinajstić information content (AvgIpc) is 2.98. The molecule has 0 saturated carbocycles. The molecule has 1 aromatic heterocycles. The number of carbonyl (C=O) groups excluding carboxylic acids is 1. The first-order valence-electron chi connectivity index (χ1n) is 5.27. The third-order valence-corrected chi connectivity index (χ3v) is 4.61. The molecule has 92 valence electrons. The maximum Gasteiger partial charge on any atom is 0.239 e. The van der Waals surface area contributed by atoms with E-state index in [2.05, 4.69) is 15.5 Å². The van der Waals surface area contributed by atoms with Crippen molar-refractivity contribution >= 4 is 39.8 Å². The molecule has 1 aliphatic rings. The van der Waals surface area contributed by atoms with Gasteiger partial charge < -0.3 is 10.5 Å². The molecule has 17 heavy (non-hydrogen) atoms. The summed E-state index contributed by atoms with van der Waals surface area (Å²) in [6, 6.07) is 0. The minimum atomic E-state index is 0.0204. The second kappa shape index (κ2) is 5.50. The van der Waals surface area contributed by atoms with Gasteiger partial charge in [-0.2, -0.15) is 0 Å². The molecule has 2 N–H and O–H groups in total. The summed E-state index contributed by atoms with van der Waals surface area (Å²) in [6.45, 7) is 1.66. The van der Waals surface area contributed by atoms with E-state index in [4.69, 9.17) is 5.21 Å². The number of nitrogens with one attached hydrogen (secondary N) is 1. The number of aromatic nitrogens is 1. The first-order chi connectivity index (χ1) is 8.20. The smallest absolute Gasteiger partial charge is 0.239 e. The zero-order valence-corrected chi connectivity index (χ0v) is 11.0. The predicted octanol–water partition coefficient (Wildman–Crippen LogP) is 2.18. The fourth-order valence-corrected chi connectivity index (χ4v) is 3.44. The van der Waals surface area contributed by atoms with E-state index in [0.717, 1.165) is 18.6 Å². The van der Waals surface area contributed by atoms with Crippen molar-refractivity contribution in [2.24, 2.45) is 5.16 Å². The molecule has 1 amide bonds. The van der Waals surface area contributed by atoms with Gasteiger partial charge in [-0.25, -0.2) is 4.98 Å². The number of thioether (sulfide) groups is 1. The molecule has 1 fully saturated rings. The Balaban J connectivity index is 1.99. The highest BCUT2D eigenvalue weighted by molar-refractivity contribution is 8.00. The Kier molecular flexibility index (Phi) is 4.01. The molecule has 7 heteroatoms. The van der Waals surface area contributed by atoms with Crippen LogP contribution in [0.2, 0.25) is 0 Å². The van der Waals surface area contributed by atoms with Gasteiger partial charge in [0.25, 0.3) is 0 Å². The molecule has 2 rings (SSSR count). The van der Waals surface area contributed by atoms with Gasteiger partial charge in [0.2, 0.25) is 5.91 Å². The minimum Gasteiger partial charge on any atom is -0.411 e. The highest BCUT2D eigenvalue weighted by Crippen LogP contribution is 2.27. The third kappa shape index (κ3) is 2.98. The Hall–Kier alpha value is -1.08. The zero-order valence-electron chi connectivity index (χ0n) is 9.34. The number of hydrogen-bond acceptors (Lipinski definition) is 6. The van der Waals surface area contributed by atoms with Crippen LogP contribution in [-0.2, 0) is 4.79 Å². The maximum atomic E-state index is 11.8. The second-order valence-corrected chi connectivity index (χ2v) is 5.88. The van der Waals surface area contributed by atoms with Crippen molar-refractivity contribution in [3.05, 3.63) is 11.1 Å². The standard InChI is InChI=1S/C10H13N3O2S2/c1-6(13-15)7-5-17-10(11-7)12-9(14)8-3-2-4-16-8/h5,8,15H,2-4H2,1H3,(H,11,12,14). The van der Waals surface area contributed by atoms with Crippen molar-refractivity contribution in [3.8, 4) is 0 Å². The molecular formula is C10H13N3O2S2. The summed E-state index contributed by atoms with van der Waals surface area (Å²) in [5.41, 5.74) is 1.03. The molecule has 1 unspecified atom stereocenters. The lowest BCUT2D eigenvalue weighted by Crippen LogP contribution is -2.22. The van der Waals surface area contributed by atoms with Crippen molar-refractivity contribution in [1.29, 1.82) is 0 Å². The molecule has 1 aliphatic heterocycles. The number of rotatable bonds is 3. The van der Waals surface area contributed by atoms with Crippen LogP contribution in [0.15, 0.2) is 10.5 Å². The van der Waals surface area contributed by atoms with E-state index in [1.165, 1.54) is 11.3 Å². The SMILES string of the molecule is CC(=NO)c1csc(NC(=O)C2CCCS2)n1. The summed E-state index contributed by atoms with van der Waals surface area (Å²) in [4.78, 5) is 16.0. The zero-order chi connectivity index (χ0) is 12.3. The highest BCUT2D eigenvalue weighted by atomic mass is 32.2. The lowest BCUT2D eigenvalue weighted by atomic mass is 10.2. The van der Waals surface area contributed by atoms with Crippen molar-refractivity contribution in [2.45, 2.75) is 25.0 Å². The van der Waals surface area contributed by atoms with E-state index in [0.29, 0.717) is 16.5 Å². The molecule has 1 aromatic rings. The number of nitrogens with zero attached hydrogens (tertiary/aromatic N) is 2. The number of carbonyl (C=O) groups is 1. The van der Waals surface area contributed by atoms with Crippen molar-refractivity contribution in [2.75, 3.05) is 11.1 Å². The summed E-state index contributed by atoms with van der Waals surface area (Å²) < 4.78 is 0. The first-order valence-corrected chi connectivity index (χ1v) is 7.20. The van der Waals surface area contributed by atoms with Crippen LogP contribution in [0.4, 0.5) is 5.13 Å². The van der Waals surface area contributed by atoms with Crippen molar-refractivity contribution < 1.29 is 10.0 Å². The number of thiazole rings is 1. The number of anilines is 1. The van der Waals surface area contributed by atoms with Gasteiger partial charge in [-0.3, -0.25) is 4.79 Å². The highest BCUT2D eigenvalue weighted by Gasteiger charge is 2.24. The van der Waals surface area contributed by atoms with Crippen LogP contribution < -0.4 is 5.32 Å². The largest absolute Gasteiger partial charge is 0.411 e. The summed E-state index contributed by atoms with van der Waals surface area (Å²) in [7, 11) is 0. The van der Waals surface area contributed by atoms with Crippen LogP contribution >= 0.6 is 23.1 Å². The Bertz CT molecular complexity index is 439. The molecule has 0 aromatic carbocycles. The summed E-state index contributed by atoms with van der Waals surface area (Å²) in [6.07, 6.45) is 2.04. The van der Waals surface area contributed by atoms with Gasteiger partial charge in [-0.1, -0.05) is 5.16 Å². The third-order valence-electron chi connectivity index (χ3n) is 2.48. The van der Waals surface area contributed by atoms with E-state index in [1.807, 2.05) is 0 Å². The summed E-state index contributed by atoms with van der Waals surface area (Å²) >= 11 is 3.02. The molecule has 0 aliphatic carbocycles. The van der Waals surface area contributed by atoms with Crippen LogP contribution in [0.25, 0.3) is 0 Å². The van der Waals surface area contributed by atoms with Crippen LogP contribution in [0, 0.1) is 0 Å². The van der Waals surface area contributed by atoms with Gasteiger partial charge in [0, 0.05) is 5.38 Å². The normalized spacial score (nSPS) is 20.5. The Morgan fingerprint density at radius 1 is 1.71 bits per heavy atom. The molecular weight excluding hydrogens is 258 g/mol. The van der Waals surface area contributed by atoms with Gasteiger partial charge in [0.05, 0.1) is 5.25 Å². The minimum absolute atomic E-state index is 0.0204. The summed E-state index contributed by atoms with van der Waals surface area (Å²) in [5.74, 6) is 1.07. The molecule has 2 heterocycles. The fourth-order valence-electron chi connectivity index (χ4n) is 1.52. The number of amides is 1.